The number of aryl methyl sites for hydroxylation is 1. The molecule has 2 aromatic carbocycles. The van der Waals surface area contributed by atoms with E-state index in [1.807, 2.05) is 25.1 Å². The Morgan fingerprint density at radius 3 is 2.41 bits per heavy atom. The number of aromatic nitrogens is 1. The maximum atomic E-state index is 13.3. The van der Waals surface area contributed by atoms with Crippen LogP contribution in [0.3, 0.4) is 0 Å². The van der Waals surface area contributed by atoms with Gasteiger partial charge in [-0.1, -0.05) is 49.4 Å². The average Bonchev–Trinajstić information content (AvgIpc) is 2.77. The van der Waals surface area contributed by atoms with Crippen molar-refractivity contribution in [2.45, 2.75) is 24.8 Å². The first kappa shape index (κ1) is 20.5. The first-order valence-corrected chi connectivity index (χ1v) is 10.8. The lowest BCUT2D eigenvalue weighted by Gasteiger charge is -2.26. The maximum absolute atomic E-state index is 13.3. The van der Waals surface area contributed by atoms with Gasteiger partial charge in [0.25, 0.3) is 10.0 Å². The smallest absolute Gasteiger partial charge is 0.264 e. The second-order valence-electron chi connectivity index (χ2n) is 6.45. The van der Waals surface area contributed by atoms with Gasteiger partial charge in [0.05, 0.1) is 10.6 Å². The standard InChI is InChI=1S/C22H23N3O3S/c1-2-19-10-6-7-13-21(19)25(29(27,28)20-11-4-3-5-12-20)17-22(26)24-16-18-9-8-14-23-15-18/h3-15H,2,16-17H2,1H3,(H,24,26). The van der Waals surface area contributed by atoms with Crippen molar-refractivity contribution in [3.05, 3.63) is 90.3 Å². The predicted molar refractivity (Wildman–Crippen MR) is 113 cm³/mol. The van der Waals surface area contributed by atoms with E-state index in [0.29, 0.717) is 12.1 Å². The second kappa shape index (κ2) is 9.34. The first-order valence-electron chi connectivity index (χ1n) is 9.33. The van der Waals surface area contributed by atoms with Gasteiger partial charge in [-0.15, -0.1) is 0 Å². The number of pyridine rings is 1. The van der Waals surface area contributed by atoms with Gasteiger partial charge in [-0.05, 0) is 41.8 Å². The number of nitrogens with zero attached hydrogens (tertiary/aromatic N) is 2. The average molecular weight is 410 g/mol. The van der Waals surface area contributed by atoms with E-state index in [4.69, 9.17) is 0 Å². The number of sulfonamides is 1. The molecule has 6 nitrogen and oxygen atoms in total. The van der Waals surface area contributed by atoms with E-state index in [2.05, 4.69) is 10.3 Å². The maximum Gasteiger partial charge on any atom is 0.264 e. The number of hydrogen-bond acceptors (Lipinski definition) is 4. The van der Waals surface area contributed by atoms with E-state index in [1.165, 1.54) is 16.4 Å². The lowest BCUT2D eigenvalue weighted by molar-refractivity contribution is -0.119. The minimum atomic E-state index is -3.90. The van der Waals surface area contributed by atoms with E-state index >= 15 is 0 Å². The number of rotatable bonds is 8. The minimum Gasteiger partial charge on any atom is -0.350 e. The van der Waals surface area contributed by atoms with Gasteiger partial charge in [-0.25, -0.2) is 8.42 Å². The zero-order valence-corrected chi connectivity index (χ0v) is 17.0. The van der Waals surface area contributed by atoms with E-state index in [-0.39, 0.29) is 23.9 Å². The molecule has 1 heterocycles. The highest BCUT2D eigenvalue weighted by atomic mass is 32.2. The Morgan fingerprint density at radius 1 is 1.00 bits per heavy atom. The Hall–Kier alpha value is -3.19. The van der Waals surface area contributed by atoms with Gasteiger partial charge >= 0.3 is 0 Å². The molecule has 0 radical (unpaired) electrons. The molecule has 1 N–H and O–H groups in total. The lowest BCUT2D eigenvalue weighted by Crippen LogP contribution is -2.41. The minimum absolute atomic E-state index is 0.144. The molecule has 0 saturated heterocycles. The number of carbonyl (C=O) groups is 1. The topological polar surface area (TPSA) is 79.4 Å². The Balaban J connectivity index is 1.90. The molecule has 0 unspecified atom stereocenters. The molecule has 0 aliphatic carbocycles. The van der Waals surface area contributed by atoms with Crippen molar-refractivity contribution in [1.29, 1.82) is 0 Å². The summed E-state index contributed by atoms with van der Waals surface area (Å²) in [6.07, 6.45) is 3.96. The molecule has 0 saturated carbocycles. The van der Waals surface area contributed by atoms with Gasteiger partial charge in [0.2, 0.25) is 5.91 Å². The highest BCUT2D eigenvalue weighted by Crippen LogP contribution is 2.27. The van der Waals surface area contributed by atoms with Crippen LogP contribution >= 0.6 is 0 Å². The van der Waals surface area contributed by atoms with Crippen LogP contribution in [0, 0.1) is 0 Å². The van der Waals surface area contributed by atoms with Crippen LogP contribution in [0.4, 0.5) is 5.69 Å². The van der Waals surface area contributed by atoms with Crippen molar-refractivity contribution in [2.24, 2.45) is 0 Å². The molecule has 0 aliphatic heterocycles. The molecular formula is C22H23N3O3S. The molecular weight excluding hydrogens is 386 g/mol. The summed E-state index contributed by atoms with van der Waals surface area (Å²) in [4.78, 5) is 16.8. The fourth-order valence-electron chi connectivity index (χ4n) is 2.96. The summed E-state index contributed by atoms with van der Waals surface area (Å²) < 4.78 is 27.9. The summed E-state index contributed by atoms with van der Waals surface area (Å²) in [5.41, 5.74) is 2.20. The summed E-state index contributed by atoms with van der Waals surface area (Å²) in [6, 6.07) is 19.0. The Bertz CT molecular complexity index is 1050. The summed E-state index contributed by atoms with van der Waals surface area (Å²) in [6.45, 7) is 1.92. The molecule has 29 heavy (non-hydrogen) atoms. The summed E-state index contributed by atoms with van der Waals surface area (Å²) >= 11 is 0. The Morgan fingerprint density at radius 2 is 1.72 bits per heavy atom. The van der Waals surface area contributed by atoms with E-state index in [1.54, 1.807) is 48.8 Å². The normalized spacial score (nSPS) is 11.1. The SMILES string of the molecule is CCc1ccccc1N(CC(=O)NCc1cccnc1)S(=O)(=O)c1ccccc1. The first-order chi connectivity index (χ1) is 14.0. The van der Waals surface area contributed by atoms with Crippen LogP contribution < -0.4 is 9.62 Å². The van der Waals surface area contributed by atoms with Crippen LogP contribution in [0.1, 0.15) is 18.1 Å². The number of anilines is 1. The summed E-state index contributed by atoms with van der Waals surface area (Å²) in [7, 11) is -3.90. The van der Waals surface area contributed by atoms with Crippen LogP contribution in [-0.4, -0.2) is 25.9 Å². The highest BCUT2D eigenvalue weighted by molar-refractivity contribution is 7.92. The van der Waals surface area contributed by atoms with Gasteiger partial charge < -0.3 is 5.32 Å². The number of amides is 1. The number of nitrogens with one attached hydrogen (secondary N) is 1. The molecule has 0 fully saturated rings. The molecule has 150 valence electrons. The zero-order valence-electron chi connectivity index (χ0n) is 16.2. The number of benzene rings is 2. The third-order valence-electron chi connectivity index (χ3n) is 4.47. The van der Waals surface area contributed by atoms with Gasteiger partial charge in [0.15, 0.2) is 0 Å². The number of carbonyl (C=O) groups excluding carboxylic acids is 1. The lowest BCUT2D eigenvalue weighted by atomic mass is 10.1. The Kier molecular flexibility index (Phi) is 6.61. The van der Waals surface area contributed by atoms with Gasteiger partial charge in [-0.2, -0.15) is 0 Å². The van der Waals surface area contributed by atoms with Crippen molar-refractivity contribution >= 4 is 21.6 Å². The molecule has 0 bridgehead atoms. The molecule has 0 atom stereocenters. The van der Waals surface area contributed by atoms with Crippen LogP contribution in [-0.2, 0) is 27.8 Å². The Labute approximate surface area is 171 Å². The van der Waals surface area contributed by atoms with E-state index in [0.717, 1.165) is 11.1 Å². The van der Waals surface area contributed by atoms with Crippen LogP contribution in [0.15, 0.2) is 84.0 Å². The largest absolute Gasteiger partial charge is 0.350 e. The van der Waals surface area contributed by atoms with Crippen LogP contribution in [0.2, 0.25) is 0 Å². The predicted octanol–water partition coefficient (Wildman–Crippen LogP) is 3.16. The van der Waals surface area contributed by atoms with Crippen molar-refractivity contribution in [3.63, 3.8) is 0 Å². The second-order valence-corrected chi connectivity index (χ2v) is 8.31. The van der Waals surface area contributed by atoms with Gasteiger partial charge in [0, 0.05) is 18.9 Å². The fraction of sp³-hybridized carbons (Fsp3) is 0.182. The molecule has 1 amide bonds. The van der Waals surface area contributed by atoms with Gasteiger partial charge in [0.1, 0.15) is 6.54 Å². The highest BCUT2D eigenvalue weighted by Gasteiger charge is 2.28. The van der Waals surface area contributed by atoms with Crippen molar-refractivity contribution in [1.82, 2.24) is 10.3 Å². The fourth-order valence-corrected chi connectivity index (χ4v) is 4.44. The number of hydrogen-bond donors (Lipinski definition) is 1. The van der Waals surface area contributed by atoms with E-state index in [9.17, 15) is 13.2 Å². The quantitative estimate of drug-likeness (QED) is 0.620. The molecule has 0 spiro atoms. The van der Waals surface area contributed by atoms with Crippen molar-refractivity contribution in [2.75, 3.05) is 10.8 Å². The molecule has 3 rings (SSSR count). The van der Waals surface area contributed by atoms with Crippen molar-refractivity contribution < 1.29 is 13.2 Å². The van der Waals surface area contributed by atoms with Crippen LogP contribution in [0.5, 0.6) is 0 Å². The molecule has 1 aromatic heterocycles. The van der Waals surface area contributed by atoms with Gasteiger partial charge in [-0.3, -0.25) is 14.1 Å². The molecule has 0 aliphatic rings. The zero-order chi connectivity index (χ0) is 20.7. The molecule has 3 aromatic rings. The summed E-state index contributed by atoms with van der Waals surface area (Å²) in [5.74, 6) is -0.390. The summed E-state index contributed by atoms with van der Waals surface area (Å²) in [5, 5.41) is 2.78. The number of para-hydroxylation sites is 1. The third-order valence-corrected chi connectivity index (χ3v) is 6.25. The monoisotopic (exact) mass is 409 g/mol. The van der Waals surface area contributed by atoms with Crippen molar-refractivity contribution in [3.8, 4) is 0 Å². The van der Waals surface area contributed by atoms with Crippen LogP contribution in [0.25, 0.3) is 0 Å². The van der Waals surface area contributed by atoms with E-state index < -0.39 is 10.0 Å². The molecule has 7 heteroatoms. The third kappa shape index (κ3) is 5.00.